The van der Waals surface area contributed by atoms with Gasteiger partial charge in [0.25, 0.3) is 0 Å². The Morgan fingerprint density at radius 2 is 1.93 bits per heavy atom. The van der Waals surface area contributed by atoms with Crippen LogP contribution in [0.3, 0.4) is 0 Å². The number of hydrogen-bond donors (Lipinski definition) is 2. The van der Waals surface area contributed by atoms with Crippen LogP contribution in [0, 0.1) is 0 Å². The summed E-state index contributed by atoms with van der Waals surface area (Å²) >= 11 is 0. The van der Waals surface area contributed by atoms with E-state index in [1.165, 1.54) is 0 Å². The van der Waals surface area contributed by atoms with E-state index < -0.39 is 20.5 Å². The molecule has 5 nitrogen and oxygen atoms in total. The molecule has 0 saturated heterocycles. The fraction of sp³-hybridized carbons (Fsp3) is 0.591. The zero-order chi connectivity index (χ0) is 20.8. The summed E-state index contributed by atoms with van der Waals surface area (Å²) in [7, 11) is -1.93. The third kappa shape index (κ3) is 6.46. The normalized spacial score (nSPS) is 20.4. The topological polar surface area (TPSA) is 67.8 Å². The molecule has 0 fully saturated rings. The zero-order valence-corrected chi connectivity index (χ0v) is 18.8. The van der Waals surface area contributed by atoms with Crippen LogP contribution in [-0.4, -0.2) is 38.3 Å². The Hall–Kier alpha value is -1.63. The van der Waals surface area contributed by atoms with Crippen LogP contribution in [0.1, 0.15) is 45.6 Å². The molecular weight excluding hydrogens is 370 g/mol. The Morgan fingerprint density at radius 3 is 2.57 bits per heavy atom. The monoisotopic (exact) mass is 405 g/mol. The molecule has 1 amide bonds. The van der Waals surface area contributed by atoms with Crippen LogP contribution in [0.5, 0.6) is 0 Å². The largest absolute Gasteiger partial charge is 0.445 e. The van der Waals surface area contributed by atoms with Crippen molar-refractivity contribution in [3.8, 4) is 0 Å². The van der Waals surface area contributed by atoms with Gasteiger partial charge >= 0.3 is 6.09 Å². The lowest BCUT2D eigenvalue weighted by Crippen LogP contribution is -2.48. The lowest BCUT2D eigenvalue weighted by atomic mass is 9.92. The average molecular weight is 406 g/mol. The number of benzene rings is 1. The number of carbonyl (C=O) groups excluding carboxylic acids is 1. The number of ether oxygens (including phenoxy) is 1. The number of aliphatic hydroxyl groups is 1. The van der Waals surface area contributed by atoms with Crippen LogP contribution in [0.2, 0.25) is 18.1 Å². The van der Waals surface area contributed by atoms with Crippen LogP contribution >= 0.6 is 0 Å². The molecule has 2 atom stereocenters. The lowest BCUT2D eigenvalue weighted by Gasteiger charge is -2.42. The van der Waals surface area contributed by atoms with Crippen molar-refractivity contribution in [3.05, 3.63) is 47.5 Å². The number of carbonyl (C=O) groups is 1. The first-order valence-electron chi connectivity index (χ1n) is 10.1. The molecule has 1 aromatic rings. The maximum absolute atomic E-state index is 11.9. The van der Waals surface area contributed by atoms with Gasteiger partial charge in [-0.2, -0.15) is 0 Å². The predicted molar refractivity (Wildman–Crippen MR) is 115 cm³/mol. The molecule has 0 aromatic heterocycles. The molecule has 28 heavy (non-hydrogen) atoms. The van der Waals surface area contributed by atoms with E-state index in [1.54, 1.807) is 0 Å². The molecule has 0 radical (unpaired) electrons. The minimum Gasteiger partial charge on any atom is -0.445 e. The van der Waals surface area contributed by atoms with Crippen molar-refractivity contribution in [1.29, 1.82) is 0 Å². The first-order valence-corrected chi connectivity index (χ1v) is 13.0. The molecule has 0 aliphatic heterocycles. The van der Waals surface area contributed by atoms with Crippen molar-refractivity contribution in [2.24, 2.45) is 0 Å². The van der Waals surface area contributed by atoms with Crippen LogP contribution in [-0.2, 0) is 15.8 Å². The van der Waals surface area contributed by atoms with E-state index in [1.807, 2.05) is 30.3 Å². The third-order valence-electron chi connectivity index (χ3n) is 5.74. The van der Waals surface area contributed by atoms with E-state index in [0.717, 1.165) is 24.0 Å². The molecule has 156 valence electrons. The highest BCUT2D eigenvalue weighted by Crippen LogP contribution is 2.39. The van der Waals surface area contributed by atoms with Gasteiger partial charge < -0.3 is 19.6 Å². The fourth-order valence-corrected chi connectivity index (χ4v) is 4.32. The third-order valence-corrected chi connectivity index (χ3v) is 10.2. The van der Waals surface area contributed by atoms with Gasteiger partial charge in [0.1, 0.15) is 6.61 Å². The molecule has 0 heterocycles. The van der Waals surface area contributed by atoms with Crippen molar-refractivity contribution in [3.63, 3.8) is 0 Å². The van der Waals surface area contributed by atoms with E-state index in [-0.39, 0.29) is 17.7 Å². The molecule has 6 heteroatoms. The van der Waals surface area contributed by atoms with Gasteiger partial charge in [-0.05, 0) is 48.5 Å². The summed E-state index contributed by atoms with van der Waals surface area (Å²) in [6.07, 6.45) is 3.19. The molecule has 0 unspecified atom stereocenters. The molecule has 2 rings (SSSR count). The molecule has 1 aliphatic carbocycles. The molecule has 1 aromatic carbocycles. The molecule has 0 bridgehead atoms. The zero-order valence-electron chi connectivity index (χ0n) is 17.8. The van der Waals surface area contributed by atoms with Gasteiger partial charge in [0.2, 0.25) is 0 Å². The average Bonchev–Trinajstić information content (AvgIpc) is 2.63. The fourth-order valence-electron chi connectivity index (χ4n) is 2.96. The first kappa shape index (κ1) is 22.7. The number of rotatable bonds is 7. The molecule has 0 saturated carbocycles. The van der Waals surface area contributed by atoms with Gasteiger partial charge in [-0.3, -0.25) is 0 Å². The van der Waals surface area contributed by atoms with Gasteiger partial charge in [-0.25, -0.2) is 4.79 Å². The molecule has 1 aliphatic rings. The SMILES string of the molecule is CC(C)(C)[Si](C)(C)O[C@@H]1CCC=C(CCNC(=O)OCc2ccccc2)[C@@H]1O. The van der Waals surface area contributed by atoms with Gasteiger partial charge in [0.05, 0.1) is 12.2 Å². The summed E-state index contributed by atoms with van der Waals surface area (Å²) in [5.41, 5.74) is 1.90. The summed E-state index contributed by atoms with van der Waals surface area (Å²) in [6, 6.07) is 9.58. The molecule has 2 N–H and O–H groups in total. The highest BCUT2D eigenvalue weighted by atomic mass is 28.4. The standard InChI is InChI=1S/C22H35NO4Si/c1-22(2,3)28(4,5)27-19-13-9-12-18(20(19)24)14-15-23-21(25)26-16-17-10-7-6-8-11-17/h6-8,10-12,19-20,24H,9,13-16H2,1-5H3,(H,23,25)/t19-,20+/m1/s1. The van der Waals surface area contributed by atoms with Gasteiger partial charge in [0.15, 0.2) is 8.32 Å². The number of nitrogens with one attached hydrogen (secondary N) is 1. The van der Waals surface area contributed by atoms with E-state index in [0.29, 0.717) is 13.0 Å². The lowest BCUT2D eigenvalue weighted by molar-refractivity contribution is 0.0373. The van der Waals surface area contributed by atoms with E-state index >= 15 is 0 Å². The smallest absolute Gasteiger partial charge is 0.407 e. The van der Waals surface area contributed by atoms with Crippen molar-refractivity contribution in [2.45, 2.75) is 77.0 Å². The number of alkyl carbamates (subject to hydrolysis) is 1. The van der Waals surface area contributed by atoms with Crippen molar-refractivity contribution < 1.29 is 19.1 Å². The summed E-state index contributed by atoms with van der Waals surface area (Å²) < 4.78 is 11.7. The number of aliphatic hydroxyl groups excluding tert-OH is 1. The minimum absolute atomic E-state index is 0.109. The minimum atomic E-state index is -1.93. The van der Waals surface area contributed by atoms with Crippen LogP contribution < -0.4 is 5.32 Å². The summed E-state index contributed by atoms with van der Waals surface area (Å²) in [6.45, 7) is 11.7. The van der Waals surface area contributed by atoms with Crippen molar-refractivity contribution >= 4 is 14.4 Å². The van der Waals surface area contributed by atoms with E-state index in [2.05, 4.69) is 45.3 Å². The Kier molecular flexibility index (Phi) is 7.86. The Balaban J connectivity index is 1.77. The van der Waals surface area contributed by atoms with Crippen molar-refractivity contribution in [2.75, 3.05) is 6.54 Å². The van der Waals surface area contributed by atoms with E-state index in [4.69, 9.17) is 9.16 Å². The summed E-state index contributed by atoms with van der Waals surface area (Å²) in [5, 5.41) is 13.6. The Morgan fingerprint density at radius 1 is 1.25 bits per heavy atom. The molecular formula is C22H35NO4Si. The van der Waals surface area contributed by atoms with E-state index in [9.17, 15) is 9.90 Å². The maximum atomic E-state index is 11.9. The number of allylic oxidation sites excluding steroid dienone is 1. The Labute approximate surface area is 170 Å². The quantitative estimate of drug-likeness (QED) is 0.506. The molecule has 0 spiro atoms. The van der Waals surface area contributed by atoms with Crippen molar-refractivity contribution in [1.82, 2.24) is 5.32 Å². The first-order chi connectivity index (χ1) is 13.1. The van der Waals surface area contributed by atoms with Crippen LogP contribution in [0.25, 0.3) is 0 Å². The van der Waals surface area contributed by atoms with Gasteiger partial charge in [-0.15, -0.1) is 0 Å². The van der Waals surface area contributed by atoms with Gasteiger partial charge in [-0.1, -0.05) is 57.2 Å². The number of amides is 1. The maximum Gasteiger partial charge on any atom is 0.407 e. The Bertz CT molecular complexity index is 667. The van der Waals surface area contributed by atoms with Gasteiger partial charge in [0, 0.05) is 6.54 Å². The highest BCUT2D eigenvalue weighted by molar-refractivity contribution is 6.74. The second-order valence-corrected chi connectivity index (χ2v) is 13.7. The summed E-state index contributed by atoms with van der Waals surface area (Å²) in [5.74, 6) is 0. The number of hydrogen-bond acceptors (Lipinski definition) is 4. The van der Waals surface area contributed by atoms with Crippen LogP contribution in [0.4, 0.5) is 4.79 Å². The predicted octanol–water partition coefficient (Wildman–Crippen LogP) is 4.77. The second kappa shape index (κ2) is 9.72. The highest BCUT2D eigenvalue weighted by Gasteiger charge is 2.41. The van der Waals surface area contributed by atoms with Crippen LogP contribution in [0.15, 0.2) is 42.0 Å². The summed E-state index contributed by atoms with van der Waals surface area (Å²) in [4.78, 5) is 11.9. The second-order valence-electron chi connectivity index (χ2n) is 8.96.